The van der Waals surface area contributed by atoms with Crippen molar-refractivity contribution in [3.63, 3.8) is 0 Å². The van der Waals surface area contributed by atoms with Crippen LogP contribution in [-0.4, -0.2) is 19.1 Å². The van der Waals surface area contributed by atoms with Gasteiger partial charge in [0.1, 0.15) is 0 Å². The molecule has 0 N–H and O–H groups in total. The first-order valence-electron chi connectivity index (χ1n) is 18.4. The Bertz CT molecular complexity index is 3080. The molecule has 0 amide bonds. The molecule has 8 aromatic carbocycles. The SMILES string of the molecule is CC1(C)c2ccccc2-c2ccc(-c3cc(-c4ccc5c(c4)c4ccccc4n5-c4ccccc4)cc(-c4cccc5c4[se]c4ccccc45)c3)cc21. The first-order chi connectivity index (χ1) is 26.0. The number of hydrogen-bond donors (Lipinski definition) is 0. The van der Waals surface area contributed by atoms with E-state index in [-0.39, 0.29) is 19.9 Å². The first kappa shape index (κ1) is 30.7. The van der Waals surface area contributed by atoms with Crippen molar-refractivity contribution >= 4 is 55.6 Å². The third-order valence-electron chi connectivity index (χ3n) is 11.6. The molecule has 2 heterocycles. The van der Waals surface area contributed by atoms with Crippen LogP contribution in [0.4, 0.5) is 0 Å². The van der Waals surface area contributed by atoms with Crippen molar-refractivity contribution in [1.29, 1.82) is 0 Å². The fraction of sp³-hybridized carbons (Fsp3) is 0.0588. The van der Waals surface area contributed by atoms with Crippen molar-refractivity contribution in [2.75, 3.05) is 0 Å². The Labute approximate surface area is 315 Å². The number of nitrogens with zero attached hydrogens (tertiary/aromatic N) is 1. The standard InChI is InChI=1S/C51H35NSe/c1-51(2)45-20-9-6-15-39(45)40-25-23-33(31-46(40)51)35-27-34(28-36(29-35)38-18-12-19-43-42-17-8-11-22-49(42)53-50(38)43)32-24-26-48-44(30-32)41-16-7-10-21-47(41)52(48)37-13-4-3-5-14-37/h3-31H,1-2H3. The second-order valence-corrected chi connectivity index (χ2v) is 17.1. The molecular weight excluding hydrogens is 706 g/mol. The Morgan fingerprint density at radius 2 is 1.02 bits per heavy atom. The van der Waals surface area contributed by atoms with Gasteiger partial charge >= 0.3 is 298 Å². The summed E-state index contributed by atoms with van der Waals surface area (Å²) >= 11 is 0.250. The number of benzene rings is 8. The summed E-state index contributed by atoms with van der Waals surface area (Å²) in [6.45, 7) is 4.74. The van der Waals surface area contributed by atoms with Crippen LogP contribution in [0.3, 0.4) is 0 Å². The van der Waals surface area contributed by atoms with Crippen molar-refractivity contribution in [1.82, 2.24) is 4.57 Å². The van der Waals surface area contributed by atoms with Gasteiger partial charge in [0, 0.05) is 0 Å². The molecule has 0 fully saturated rings. The van der Waals surface area contributed by atoms with E-state index < -0.39 is 0 Å². The molecule has 250 valence electrons. The van der Waals surface area contributed by atoms with E-state index in [0.717, 1.165) is 0 Å². The van der Waals surface area contributed by atoms with Crippen molar-refractivity contribution in [3.8, 4) is 50.2 Å². The molecule has 0 unspecified atom stereocenters. The van der Waals surface area contributed by atoms with Gasteiger partial charge in [-0.25, -0.2) is 0 Å². The van der Waals surface area contributed by atoms with E-state index in [1.54, 1.807) is 0 Å². The van der Waals surface area contributed by atoms with Gasteiger partial charge in [-0.15, -0.1) is 0 Å². The fourth-order valence-corrected chi connectivity index (χ4v) is 11.6. The molecule has 2 aromatic heterocycles. The summed E-state index contributed by atoms with van der Waals surface area (Å²) in [5.74, 6) is 0. The van der Waals surface area contributed by atoms with Gasteiger partial charge in [-0.05, 0) is 0 Å². The molecule has 11 rings (SSSR count). The summed E-state index contributed by atoms with van der Waals surface area (Å²) < 4.78 is 5.35. The molecule has 0 saturated heterocycles. The average molecular weight is 741 g/mol. The number of aromatic nitrogens is 1. The monoisotopic (exact) mass is 741 g/mol. The molecule has 0 spiro atoms. The van der Waals surface area contributed by atoms with Crippen LogP contribution in [0.15, 0.2) is 176 Å². The predicted molar refractivity (Wildman–Crippen MR) is 227 cm³/mol. The molecule has 53 heavy (non-hydrogen) atoms. The summed E-state index contributed by atoms with van der Waals surface area (Å²) in [5.41, 5.74) is 16.7. The minimum atomic E-state index is -0.0606. The molecule has 10 aromatic rings. The number of rotatable bonds is 4. The first-order valence-corrected chi connectivity index (χ1v) is 20.1. The van der Waals surface area contributed by atoms with Gasteiger partial charge < -0.3 is 0 Å². The maximum absolute atomic E-state index is 2.46. The van der Waals surface area contributed by atoms with Crippen LogP contribution in [0.2, 0.25) is 0 Å². The van der Waals surface area contributed by atoms with Crippen molar-refractivity contribution in [2.45, 2.75) is 19.3 Å². The number of fused-ring (bicyclic) bond motifs is 9. The van der Waals surface area contributed by atoms with Crippen molar-refractivity contribution in [2.24, 2.45) is 0 Å². The van der Waals surface area contributed by atoms with Crippen molar-refractivity contribution < 1.29 is 0 Å². The molecule has 1 aliphatic rings. The summed E-state index contributed by atoms with van der Waals surface area (Å²) in [6, 6.07) is 65.8. The van der Waals surface area contributed by atoms with E-state index in [0.29, 0.717) is 0 Å². The Kier molecular flexibility index (Phi) is 6.68. The topological polar surface area (TPSA) is 4.93 Å². The molecule has 0 radical (unpaired) electrons. The quantitative estimate of drug-likeness (QED) is 0.158. The zero-order valence-electron chi connectivity index (χ0n) is 29.6. The summed E-state index contributed by atoms with van der Waals surface area (Å²) in [4.78, 5) is 0. The van der Waals surface area contributed by atoms with Gasteiger partial charge in [-0.1, -0.05) is 18.2 Å². The van der Waals surface area contributed by atoms with Crippen LogP contribution >= 0.6 is 0 Å². The third kappa shape index (κ3) is 4.63. The molecule has 1 aliphatic carbocycles. The van der Waals surface area contributed by atoms with E-state index in [1.165, 1.54) is 102 Å². The minimum absolute atomic E-state index is 0.0606. The van der Waals surface area contributed by atoms with E-state index in [1.807, 2.05) is 0 Å². The van der Waals surface area contributed by atoms with Crippen LogP contribution in [-0.2, 0) is 5.41 Å². The maximum atomic E-state index is 2.46. The van der Waals surface area contributed by atoms with Crippen LogP contribution in [0.1, 0.15) is 25.0 Å². The molecule has 0 aliphatic heterocycles. The Morgan fingerprint density at radius 1 is 0.396 bits per heavy atom. The van der Waals surface area contributed by atoms with Gasteiger partial charge in [-0.2, -0.15) is 0 Å². The van der Waals surface area contributed by atoms with Crippen LogP contribution in [0.25, 0.3) is 91.3 Å². The third-order valence-corrected chi connectivity index (χ3v) is 14.1. The fourth-order valence-electron chi connectivity index (χ4n) is 8.98. The van der Waals surface area contributed by atoms with Crippen LogP contribution < -0.4 is 0 Å². The van der Waals surface area contributed by atoms with Gasteiger partial charge in [0.15, 0.2) is 0 Å². The predicted octanol–water partition coefficient (Wildman–Crippen LogP) is 13.5. The van der Waals surface area contributed by atoms with E-state index in [9.17, 15) is 0 Å². The molecular formula is C51H35NSe. The average Bonchev–Trinajstić information content (AvgIpc) is 3.83. The van der Waals surface area contributed by atoms with Gasteiger partial charge in [0.25, 0.3) is 0 Å². The Balaban J connectivity index is 1.15. The zero-order chi connectivity index (χ0) is 35.3. The molecule has 1 nitrogen and oxygen atoms in total. The van der Waals surface area contributed by atoms with Gasteiger partial charge in [-0.3, -0.25) is 0 Å². The van der Waals surface area contributed by atoms with Gasteiger partial charge in [0.05, 0.1) is 0 Å². The number of hydrogen-bond acceptors (Lipinski definition) is 0. The van der Waals surface area contributed by atoms with Gasteiger partial charge in [0.2, 0.25) is 0 Å². The van der Waals surface area contributed by atoms with E-state index in [2.05, 4.69) is 194 Å². The van der Waals surface area contributed by atoms with Crippen LogP contribution in [0, 0.1) is 0 Å². The second-order valence-electron chi connectivity index (χ2n) is 14.9. The van der Waals surface area contributed by atoms with Crippen LogP contribution in [0.5, 0.6) is 0 Å². The molecule has 0 bridgehead atoms. The zero-order valence-corrected chi connectivity index (χ0v) is 31.3. The summed E-state index contributed by atoms with van der Waals surface area (Å²) in [7, 11) is 0. The summed E-state index contributed by atoms with van der Waals surface area (Å²) in [5, 5.41) is 5.32. The normalized spacial score (nSPS) is 13.2. The molecule has 0 saturated carbocycles. The summed E-state index contributed by atoms with van der Waals surface area (Å²) in [6.07, 6.45) is 0. The molecule has 2 heteroatoms. The Morgan fingerprint density at radius 3 is 1.89 bits per heavy atom. The van der Waals surface area contributed by atoms with E-state index in [4.69, 9.17) is 0 Å². The van der Waals surface area contributed by atoms with E-state index >= 15 is 0 Å². The number of para-hydroxylation sites is 2. The van der Waals surface area contributed by atoms with Crippen molar-refractivity contribution in [3.05, 3.63) is 187 Å². The second kappa shape index (κ2) is 11.5. The Hall–Kier alpha value is -5.92. The molecule has 0 atom stereocenters.